The molecular formula is C14H22ClN3O3S2. The summed E-state index contributed by atoms with van der Waals surface area (Å²) in [5, 5.41) is 1.74. The van der Waals surface area contributed by atoms with Crippen LogP contribution in [0.5, 0.6) is 0 Å². The Labute approximate surface area is 147 Å². The Kier molecular flexibility index (Phi) is 6.07. The number of nitrogens with two attached hydrogens (primary N) is 1. The molecule has 130 valence electrons. The van der Waals surface area contributed by atoms with Crippen LogP contribution >= 0.6 is 23.7 Å². The highest BCUT2D eigenvalue weighted by Crippen LogP contribution is 2.30. The van der Waals surface area contributed by atoms with Gasteiger partial charge in [0.1, 0.15) is 10.3 Å². The van der Waals surface area contributed by atoms with E-state index in [4.69, 9.17) is 5.73 Å². The van der Waals surface area contributed by atoms with Gasteiger partial charge < -0.3 is 10.6 Å². The number of halogens is 1. The maximum Gasteiger partial charge on any atom is 0.253 e. The summed E-state index contributed by atoms with van der Waals surface area (Å²) in [4.78, 5) is 14.5. The van der Waals surface area contributed by atoms with Gasteiger partial charge >= 0.3 is 0 Å². The number of hydrogen-bond acceptors (Lipinski definition) is 5. The third-order valence-electron chi connectivity index (χ3n) is 4.48. The largest absolute Gasteiger partial charge is 0.341 e. The zero-order valence-electron chi connectivity index (χ0n) is 12.8. The lowest BCUT2D eigenvalue weighted by molar-refractivity contribution is -0.133. The minimum atomic E-state index is -3.56. The first kappa shape index (κ1) is 18.7. The van der Waals surface area contributed by atoms with E-state index in [-0.39, 0.29) is 18.3 Å². The van der Waals surface area contributed by atoms with Gasteiger partial charge in [-0.05, 0) is 43.2 Å². The normalized spacial score (nSPS) is 25.5. The number of thiophene rings is 1. The minimum absolute atomic E-state index is 0. The second-order valence-electron chi connectivity index (χ2n) is 5.88. The molecule has 2 N–H and O–H groups in total. The lowest BCUT2D eigenvalue weighted by atomic mass is 10.1. The molecule has 0 aliphatic carbocycles. The van der Waals surface area contributed by atoms with Crippen LogP contribution < -0.4 is 5.73 Å². The van der Waals surface area contributed by atoms with Gasteiger partial charge in [-0.2, -0.15) is 4.31 Å². The molecule has 1 aromatic rings. The average molecular weight is 380 g/mol. The molecule has 3 heterocycles. The lowest BCUT2D eigenvalue weighted by Crippen LogP contribution is -2.47. The van der Waals surface area contributed by atoms with E-state index < -0.39 is 16.1 Å². The van der Waals surface area contributed by atoms with Crippen molar-refractivity contribution in [3.63, 3.8) is 0 Å². The summed E-state index contributed by atoms with van der Waals surface area (Å²) >= 11 is 1.20. The van der Waals surface area contributed by atoms with Crippen LogP contribution in [0.25, 0.3) is 0 Å². The Hall–Kier alpha value is -0.670. The van der Waals surface area contributed by atoms with Crippen LogP contribution in [-0.2, 0) is 14.8 Å². The molecular weight excluding hydrogens is 358 g/mol. The second-order valence-corrected chi connectivity index (χ2v) is 8.95. The van der Waals surface area contributed by atoms with Crippen LogP contribution in [0.2, 0.25) is 0 Å². The van der Waals surface area contributed by atoms with Crippen molar-refractivity contribution in [1.82, 2.24) is 9.21 Å². The molecule has 0 saturated carbocycles. The molecule has 2 atom stereocenters. The van der Waals surface area contributed by atoms with Gasteiger partial charge in [0.2, 0.25) is 5.91 Å². The monoisotopic (exact) mass is 379 g/mol. The van der Waals surface area contributed by atoms with E-state index >= 15 is 0 Å². The highest BCUT2D eigenvalue weighted by Gasteiger charge is 2.42. The van der Waals surface area contributed by atoms with Crippen molar-refractivity contribution in [2.75, 3.05) is 26.2 Å². The molecule has 6 nitrogen and oxygen atoms in total. The summed E-state index contributed by atoms with van der Waals surface area (Å²) in [6.45, 7) is 2.33. The number of hydrogen-bond donors (Lipinski definition) is 1. The number of carbonyl (C=O) groups excluding carboxylic acids is 1. The molecule has 0 spiro atoms. The van der Waals surface area contributed by atoms with Crippen molar-refractivity contribution in [2.24, 2.45) is 11.7 Å². The number of nitrogens with zero attached hydrogens (tertiary/aromatic N) is 2. The van der Waals surface area contributed by atoms with E-state index in [9.17, 15) is 13.2 Å². The molecule has 3 rings (SSSR count). The van der Waals surface area contributed by atoms with Crippen LogP contribution in [0, 0.1) is 5.92 Å². The van der Waals surface area contributed by atoms with E-state index in [0.717, 1.165) is 12.8 Å². The van der Waals surface area contributed by atoms with Crippen LogP contribution in [-0.4, -0.2) is 55.8 Å². The van der Waals surface area contributed by atoms with Crippen LogP contribution in [0.15, 0.2) is 21.7 Å². The Bertz CT molecular complexity index is 636. The van der Waals surface area contributed by atoms with Crippen LogP contribution in [0.3, 0.4) is 0 Å². The fourth-order valence-electron chi connectivity index (χ4n) is 3.24. The first-order chi connectivity index (χ1) is 10.5. The summed E-state index contributed by atoms with van der Waals surface area (Å²) in [5.41, 5.74) is 5.67. The third kappa shape index (κ3) is 3.56. The van der Waals surface area contributed by atoms with Gasteiger partial charge in [-0.3, -0.25) is 4.79 Å². The second kappa shape index (κ2) is 7.48. The van der Waals surface area contributed by atoms with Crippen molar-refractivity contribution < 1.29 is 13.2 Å². The van der Waals surface area contributed by atoms with Crippen LogP contribution in [0.1, 0.15) is 19.3 Å². The highest BCUT2D eigenvalue weighted by molar-refractivity contribution is 7.91. The lowest BCUT2D eigenvalue weighted by Gasteiger charge is -2.27. The summed E-state index contributed by atoms with van der Waals surface area (Å²) in [7, 11) is -3.56. The Morgan fingerprint density at radius 3 is 2.74 bits per heavy atom. The predicted octanol–water partition coefficient (Wildman–Crippen LogP) is 1.13. The smallest absolute Gasteiger partial charge is 0.253 e. The van der Waals surface area contributed by atoms with Gasteiger partial charge in [-0.15, -0.1) is 23.7 Å². The molecule has 1 amide bonds. The first-order valence-corrected chi connectivity index (χ1v) is 9.90. The average Bonchev–Trinajstić information content (AvgIpc) is 3.26. The van der Waals surface area contributed by atoms with Crippen molar-refractivity contribution >= 4 is 39.7 Å². The van der Waals surface area contributed by atoms with Gasteiger partial charge in [0.05, 0.1) is 0 Å². The van der Waals surface area contributed by atoms with Gasteiger partial charge in [-0.25, -0.2) is 8.42 Å². The Balaban J connectivity index is 0.00000192. The number of rotatable bonds is 4. The molecule has 2 unspecified atom stereocenters. The molecule has 2 aliphatic rings. The molecule has 9 heteroatoms. The molecule has 2 fully saturated rings. The quantitative estimate of drug-likeness (QED) is 0.849. The zero-order valence-corrected chi connectivity index (χ0v) is 15.2. The van der Waals surface area contributed by atoms with Crippen molar-refractivity contribution in [3.8, 4) is 0 Å². The summed E-state index contributed by atoms with van der Waals surface area (Å²) in [6, 6.07) is 2.76. The Morgan fingerprint density at radius 1 is 1.35 bits per heavy atom. The minimum Gasteiger partial charge on any atom is -0.341 e. The van der Waals surface area contributed by atoms with Gasteiger partial charge in [0.25, 0.3) is 10.0 Å². The summed E-state index contributed by atoms with van der Waals surface area (Å²) in [6.07, 6.45) is 2.25. The molecule has 0 radical (unpaired) electrons. The summed E-state index contributed by atoms with van der Waals surface area (Å²) < 4.78 is 27.1. The van der Waals surface area contributed by atoms with Crippen LogP contribution in [0.4, 0.5) is 0 Å². The molecule has 1 aromatic heterocycles. The van der Waals surface area contributed by atoms with E-state index in [1.807, 2.05) is 0 Å². The number of likely N-dealkylation sites (tertiary alicyclic amines) is 1. The molecule has 0 aromatic carbocycles. The van der Waals surface area contributed by atoms with Crippen molar-refractivity contribution in [2.45, 2.75) is 29.5 Å². The maximum absolute atomic E-state index is 12.7. The maximum atomic E-state index is 12.7. The highest BCUT2D eigenvalue weighted by atomic mass is 35.5. The molecule has 0 bridgehead atoms. The fourth-order valence-corrected chi connectivity index (χ4v) is 6.01. The predicted molar refractivity (Wildman–Crippen MR) is 92.2 cm³/mol. The fraction of sp³-hybridized carbons (Fsp3) is 0.643. The third-order valence-corrected chi connectivity index (χ3v) is 7.76. The number of carbonyl (C=O) groups is 1. The molecule has 2 saturated heterocycles. The topological polar surface area (TPSA) is 83.7 Å². The molecule has 23 heavy (non-hydrogen) atoms. The SMILES string of the molecule is Cl.NCC1CCN(C(=O)C2CCCN2S(=O)(=O)c2cccs2)C1. The van der Waals surface area contributed by atoms with Gasteiger partial charge in [-0.1, -0.05) is 6.07 Å². The van der Waals surface area contributed by atoms with E-state index in [1.165, 1.54) is 15.6 Å². The van der Waals surface area contributed by atoms with E-state index in [2.05, 4.69) is 0 Å². The van der Waals surface area contributed by atoms with E-state index in [0.29, 0.717) is 42.7 Å². The number of amides is 1. The number of sulfonamides is 1. The zero-order chi connectivity index (χ0) is 15.7. The first-order valence-electron chi connectivity index (χ1n) is 7.58. The van der Waals surface area contributed by atoms with Crippen molar-refractivity contribution in [1.29, 1.82) is 0 Å². The Morgan fingerprint density at radius 2 is 2.13 bits per heavy atom. The standard InChI is InChI=1S/C14H21N3O3S2.ClH/c15-9-11-5-7-16(10-11)14(18)12-3-1-6-17(12)22(19,20)13-4-2-8-21-13;/h2,4,8,11-12H,1,3,5-7,9-10,15H2;1H. The van der Waals surface area contributed by atoms with Gasteiger partial charge in [0.15, 0.2) is 0 Å². The van der Waals surface area contributed by atoms with E-state index in [1.54, 1.807) is 22.4 Å². The van der Waals surface area contributed by atoms with Gasteiger partial charge in [0, 0.05) is 19.6 Å². The molecule has 2 aliphatic heterocycles. The van der Waals surface area contributed by atoms with Crippen molar-refractivity contribution in [3.05, 3.63) is 17.5 Å². The summed E-state index contributed by atoms with van der Waals surface area (Å²) in [5.74, 6) is 0.279.